The quantitative estimate of drug-likeness (QED) is 0.436. The zero-order chi connectivity index (χ0) is 26.2. The summed E-state index contributed by atoms with van der Waals surface area (Å²) in [5.74, 6) is 0.325. The molecule has 2 N–H and O–H groups in total. The van der Waals surface area contributed by atoms with E-state index in [4.69, 9.17) is 9.47 Å². The van der Waals surface area contributed by atoms with Crippen molar-refractivity contribution in [2.75, 3.05) is 30.0 Å². The molecule has 37 heavy (non-hydrogen) atoms. The van der Waals surface area contributed by atoms with E-state index < -0.39 is 5.92 Å². The van der Waals surface area contributed by atoms with Crippen LogP contribution in [0.1, 0.15) is 24.5 Å². The number of anilines is 2. The number of hydrogen-bond acceptors (Lipinski definition) is 5. The van der Waals surface area contributed by atoms with Gasteiger partial charge in [-0.25, -0.2) is 0 Å². The molecular weight excluding hydrogens is 470 g/mol. The summed E-state index contributed by atoms with van der Waals surface area (Å²) in [5.41, 5.74) is 3.51. The molecule has 0 unspecified atom stereocenters. The highest BCUT2D eigenvalue weighted by Gasteiger charge is 2.35. The highest BCUT2D eigenvalue weighted by molar-refractivity contribution is 6.00. The second-order valence-corrected chi connectivity index (χ2v) is 8.84. The van der Waals surface area contributed by atoms with Crippen LogP contribution >= 0.6 is 0 Å². The van der Waals surface area contributed by atoms with E-state index in [-0.39, 0.29) is 30.7 Å². The van der Waals surface area contributed by atoms with Crippen LogP contribution in [-0.2, 0) is 20.9 Å². The molecule has 0 aliphatic carbocycles. The second-order valence-electron chi connectivity index (χ2n) is 8.84. The van der Waals surface area contributed by atoms with E-state index in [9.17, 15) is 14.4 Å². The molecule has 1 saturated heterocycles. The van der Waals surface area contributed by atoms with E-state index in [2.05, 4.69) is 10.6 Å². The van der Waals surface area contributed by atoms with Crippen LogP contribution in [0.25, 0.3) is 0 Å². The van der Waals surface area contributed by atoms with Crippen molar-refractivity contribution in [2.45, 2.75) is 26.8 Å². The van der Waals surface area contributed by atoms with Crippen molar-refractivity contribution in [2.24, 2.45) is 5.92 Å². The summed E-state index contributed by atoms with van der Waals surface area (Å²) >= 11 is 0. The average molecular weight is 502 g/mol. The van der Waals surface area contributed by atoms with Crippen molar-refractivity contribution in [3.63, 3.8) is 0 Å². The van der Waals surface area contributed by atoms with E-state index in [1.165, 1.54) is 0 Å². The maximum atomic E-state index is 12.7. The van der Waals surface area contributed by atoms with E-state index in [1.807, 2.05) is 38.1 Å². The van der Waals surface area contributed by atoms with Gasteiger partial charge in [-0.15, -0.1) is 0 Å². The minimum absolute atomic E-state index is 0.0977. The van der Waals surface area contributed by atoms with Gasteiger partial charge in [-0.05, 0) is 73.5 Å². The molecule has 192 valence electrons. The van der Waals surface area contributed by atoms with Gasteiger partial charge in [0.05, 0.1) is 12.5 Å². The Bertz CT molecular complexity index is 1240. The molecular formula is C29H31N3O5. The Kier molecular flexibility index (Phi) is 8.40. The van der Waals surface area contributed by atoms with Gasteiger partial charge in [-0.1, -0.05) is 24.3 Å². The molecule has 0 aromatic heterocycles. The molecule has 3 amide bonds. The molecule has 1 aliphatic rings. The van der Waals surface area contributed by atoms with Gasteiger partial charge in [0.25, 0.3) is 5.91 Å². The number of hydrogen-bond donors (Lipinski definition) is 2. The first-order valence-electron chi connectivity index (χ1n) is 12.3. The predicted molar refractivity (Wildman–Crippen MR) is 142 cm³/mol. The highest BCUT2D eigenvalue weighted by atomic mass is 16.5. The third kappa shape index (κ3) is 6.88. The van der Waals surface area contributed by atoms with Gasteiger partial charge in [0.15, 0.2) is 6.61 Å². The SMILES string of the molecule is CCOc1ccc(NC(=O)COc2ccc(N3C[C@@H](C(=O)NCc4ccccc4C)CC3=O)cc2)cc1. The monoisotopic (exact) mass is 501 g/mol. The molecule has 3 aromatic carbocycles. The van der Waals surface area contributed by atoms with Crippen LogP contribution in [0.2, 0.25) is 0 Å². The number of carbonyl (C=O) groups is 3. The first kappa shape index (κ1) is 25.8. The van der Waals surface area contributed by atoms with E-state index in [0.29, 0.717) is 36.8 Å². The van der Waals surface area contributed by atoms with Crippen LogP contribution < -0.4 is 25.0 Å². The first-order valence-corrected chi connectivity index (χ1v) is 12.3. The molecule has 8 nitrogen and oxygen atoms in total. The molecule has 3 aromatic rings. The number of aryl methyl sites for hydroxylation is 1. The van der Waals surface area contributed by atoms with Crippen molar-refractivity contribution in [3.05, 3.63) is 83.9 Å². The molecule has 1 heterocycles. The molecule has 4 rings (SSSR count). The molecule has 1 fully saturated rings. The van der Waals surface area contributed by atoms with E-state index in [1.54, 1.807) is 53.4 Å². The number of nitrogens with zero attached hydrogens (tertiary/aromatic N) is 1. The Morgan fingerprint density at radius 3 is 2.32 bits per heavy atom. The number of ether oxygens (including phenoxy) is 2. The van der Waals surface area contributed by atoms with Crippen LogP contribution in [0.15, 0.2) is 72.8 Å². The number of benzene rings is 3. The minimum Gasteiger partial charge on any atom is -0.494 e. The number of carbonyl (C=O) groups excluding carboxylic acids is 3. The Hall–Kier alpha value is -4.33. The summed E-state index contributed by atoms with van der Waals surface area (Å²) in [6.07, 6.45) is 0.170. The number of rotatable bonds is 10. The first-order chi connectivity index (χ1) is 17.9. The Labute approximate surface area is 216 Å². The van der Waals surface area contributed by atoms with Gasteiger partial charge in [0, 0.05) is 30.9 Å². The van der Waals surface area contributed by atoms with Gasteiger partial charge >= 0.3 is 0 Å². The predicted octanol–water partition coefficient (Wildman–Crippen LogP) is 4.08. The normalized spacial score (nSPS) is 14.8. The van der Waals surface area contributed by atoms with Crippen LogP contribution in [0.3, 0.4) is 0 Å². The fourth-order valence-electron chi connectivity index (χ4n) is 4.14. The third-order valence-electron chi connectivity index (χ3n) is 6.18. The summed E-state index contributed by atoms with van der Waals surface area (Å²) in [4.78, 5) is 39.1. The van der Waals surface area contributed by atoms with Gasteiger partial charge < -0.3 is 25.0 Å². The highest BCUT2D eigenvalue weighted by Crippen LogP contribution is 2.27. The van der Waals surface area contributed by atoms with Crippen molar-refractivity contribution in [1.82, 2.24) is 5.32 Å². The maximum Gasteiger partial charge on any atom is 0.262 e. The standard InChI is InChI=1S/C29H31N3O5/c1-3-36-25-12-8-23(9-13-25)31-27(33)19-37-26-14-10-24(11-15-26)32-18-22(16-28(32)34)29(35)30-17-21-7-5-4-6-20(21)2/h4-15,22H,3,16-19H2,1-2H3,(H,30,35)(H,31,33)/t22-/m0/s1. The summed E-state index contributed by atoms with van der Waals surface area (Å²) in [6, 6.07) is 21.9. The lowest BCUT2D eigenvalue weighted by atomic mass is 10.1. The van der Waals surface area contributed by atoms with Crippen molar-refractivity contribution in [3.8, 4) is 11.5 Å². The largest absolute Gasteiger partial charge is 0.494 e. The zero-order valence-corrected chi connectivity index (χ0v) is 21.0. The smallest absolute Gasteiger partial charge is 0.262 e. The minimum atomic E-state index is -0.404. The summed E-state index contributed by atoms with van der Waals surface area (Å²) in [7, 11) is 0. The fourth-order valence-corrected chi connectivity index (χ4v) is 4.14. The zero-order valence-electron chi connectivity index (χ0n) is 21.0. The summed E-state index contributed by atoms with van der Waals surface area (Å²) in [6.45, 7) is 5.10. The molecule has 0 spiro atoms. The van der Waals surface area contributed by atoms with Gasteiger partial charge in [0.1, 0.15) is 11.5 Å². The molecule has 0 radical (unpaired) electrons. The van der Waals surface area contributed by atoms with E-state index >= 15 is 0 Å². The molecule has 1 aliphatic heterocycles. The lowest BCUT2D eigenvalue weighted by molar-refractivity contribution is -0.126. The molecule has 0 bridgehead atoms. The van der Waals surface area contributed by atoms with Crippen molar-refractivity contribution >= 4 is 29.1 Å². The van der Waals surface area contributed by atoms with Crippen LogP contribution in [0, 0.1) is 12.8 Å². The van der Waals surface area contributed by atoms with Crippen LogP contribution in [0.4, 0.5) is 11.4 Å². The third-order valence-corrected chi connectivity index (χ3v) is 6.18. The Morgan fingerprint density at radius 1 is 0.946 bits per heavy atom. The fraction of sp³-hybridized carbons (Fsp3) is 0.276. The summed E-state index contributed by atoms with van der Waals surface area (Å²) in [5, 5.41) is 5.73. The van der Waals surface area contributed by atoms with E-state index in [0.717, 1.165) is 16.9 Å². The molecule has 8 heteroatoms. The lowest BCUT2D eigenvalue weighted by Gasteiger charge is -2.17. The van der Waals surface area contributed by atoms with Crippen LogP contribution in [0.5, 0.6) is 11.5 Å². The Morgan fingerprint density at radius 2 is 1.62 bits per heavy atom. The number of amides is 3. The Balaban J connectivity index is 1.25. The average Bonchev–Trinajstić information content (AvgIpc) is 3.30. The molecule has 1 atom stereocenters. The van der Waals surface area contributed by atoms with Gasteiger partial charge in [-0.3, -0.25) is 14.4 Å². The summed E-state index contributed by atoms with van der Waals surface area (Å²) < 4.78 is 11.0. The topological polar surface area (TPSA) is 97.0 Å². The maximum absolute atomic E-state index is 12.7. The van der Waals surface area contributed by atoms with Gasteiger partial charge in [0.2, 0.25) is 11.8 Å². The lowest BCUT2D eigenvalue weighted by Crippen LogP contribution is -2.32. The second kappa shape index (κ2) is 12.1. The van der Waals surface area contributed by atoms with Crippen LogP contribution in [-0.4, -0.2) is 37.5 Å². The molecule has 0 saturated carbocycles. The number of nitrogens with one attached hydrogen (secondary N) is 2. The van der Waals surface area contributed by atoms with Crippen molar-refractivity contribution in [1.29, 1.82) is 0 Å². The van der Waals surface area contributed by atoms with Gasteiger partial charge in [-0.2, -0.15) is 0 Å². The van der Waals surface area contributed by atoms with Crippen molar-refractivity contribution < 1.29 is 23.9 Å².